The Hall–Kier alpha value is -1.68. The van der Waals surface area contributed by atoms with Gasteiger partial charge < -0.3 is 9.84 Å². The smallest absolute Gasteiger partial charge is 0.231 e. The fraction of sp³-hybridized carbons (Fsp3) is 0.500. The molecule has 0 fully saturated rings. The average Bonchev–Trinajstić information content (AvgIpc) is 2.96. The number of hydrogen-bond donors (Lipinski definition) is 1. The standard InChI is InChI=1S/C16H23N3O/c1-5-13-7-9-14(10-8-13)15-18-16(20-19-15)11(3)12(4)17-6-2/h7-12,17H,5-6H2,1-4H3. The van der Waals surface area contributed by atoms with E-state index in [1.807, 2.05) is 12.1 Å². The molecule has 108 valence electrons. The van der Waals surface area contributed by atoms with Crippen LogP contribution < -0.4 is 5.32 Å². The fourth-order valence-corrected chi connectivity index (χ4v) is 2.14. The first kappa shape index (κ1) is 14.7. The average molecular weight is 273 g/mol. The number of nitrogens with zero attached hydrogens (tertiary/aromatic N) is 2. The third kappa shape index (κ3) is 3.25. The molecule has 20 heavy (non-hydrogen) atoms. The lowest BCUT2D eigenvalue weighted by Crippen LogP contribution is -2.30. The Morgan fingerprint density at radius 2 is 1.85 bits per heavy atom. The van der Waals surface area contributed by atoms with Crippen LogP contribution >= 0.6 is 0 Å². The second-order valence-corrected chi connectivity index (χ2v) is 5.14. The lowest BCUT2D eigenvalue weighted by molar-refractivity contribution is 0.332. The molecule has 0 saturated heterocycles. The van der Waals surface area contributed by atoms with E-state index in [1.54, 1.807) is 0 Å². The molecular formula is C16H23N3O. The largest absolute Gasteiger partial charge is 0.339 e. The van der Waals surface area contributed by atoms with E-state index in [1.165, 1.54) is 5.56 Å². The van der Waals surface area contributed by atoms with Gasteiger partial charge >= 0.3 is 0 Å². The molecule has 0 aliphatic rings. The van der Waals surface area contributed by atoms with Gasteiger partial charge in [-0.1, -0.05) is 50.2 Å². The second kappa shape index (κ2) is 6.66. The van der Waals surface area contributed by atoms with Crippen molar-refractivity contribution in [1.82, 2.24) is 15.5 Å². The van der Waals surface area contributed by atoms with Crippen molar-refractivity contribution in [1.29, 1.82) is 0 Å². The molecular weight excluding hydrogens is 250 g/mol. The summed E-state index contributed by atoms with van der Waals surface area (Å²) in [6.45, 7) is 9.41. The number of nitrogens with one attached hydrogen (secondary N) is 1. The topological polar surface area (TPSA) is 51.0 Å². The highest BCUT2D eigenvalue weighted by atomic mass is 16.5. The number of likely N-dealkylation sites (N-methyl/N-ethyl adjacent to an activating group) is 1. The molecule has 1 heterocycles. The van der Waals surface area contributed by atoms with Gasteiger partial charge in [-0.15, -0.1) is 0 Å². The SMILES string of the molecule is CCNC(C)C(C)c1nc(-c2ccc(CC)cc2)no1. The number of benzene rings is 1. The molecule has 1 aromatic heterocycles. The fourth-order valence-electron chi connectivity index (χ4n) is 2.14. The highest BCUT2D eigenvalue weighted by Crippen LogP contribution is 2.22. The number of rotatable bonds is 6. The summed E-state index contributed by atoms with van der Waals surface area (Å²) in [4.78, 5) is 4.52. The molecule has 2 rings (SSSR count). The molecule has 0 radical (unpaired) electrons. The van der Waals surface area contributed by atoms with Crippen LogP contribution in [0.1, 0.15) is 45.1 Å². The third-order valence-corrected chi connectivity index (χ3v) is 3.73. The maximum absolute atomic E-state index is 5.40. The Balaban J connectivity index is 2.15. The minimum atomic E-state index is 0.200. The molecule has 4 nitrogen and oxygen atoms in total. The lowest BCUT2D eigenvalue weighted by Gasteiger charge is -2.16. The van der Waals surface area contributed by atoms with E-state index >= 15 is 0 Å². The van der Waals surface area contributed by atoms with E-state index in [9.17, 15) is 0 Å². The van der Waals surface area contributed by atoms with Crippen LogP contribution in [-0.2, 0) is 6.42 Å². The van der Waals surface area contributed by atoms with Crippen molar-refractivity contribution in [3.8, 4) is 11.4 Å². The van der Waals surface area contributed by atoms with E-state index in [-0.39, 0.29) is 5.92 Å². The zero-order valence-corrected chi connectivity index (χ0v) is 12.7. The van der Waals surface area contributed by atoms with Crippen LogP contribution in [-0.4, -0.2) is 22.7 Å². The summed E-state index contributed by atoms with van der Waals surface area (Å²) in [6, 6.07) is 8.62. The van der Waals surface area contributed by atoms with Gasteiger partial charge in [0.05, 0.1) is 5.92 Å². The molecule has 2 atom stereocenters. The van der Waals surface area contributed by atoms with Gasteiger partial charge in [-0.3, -0.25) is 0 Å². The first-order chi connectivity index (χ1) is 9.65. The van der Waals surface area contributed by atoms with Crippen molar-refractivity contribution < 1.29 is 4.52 Å². The van der Waals surface area contributed by atoms with Gasteiger partial charge in [-0.2, -0.15) is 4.98 Å². The Morgan fingerprint density at radius 3 is 2.45 bits per heavy atom. The van der Waals surface area contributed by atoms with E-state index in [0.717, 1.165) is 18.5 Å². The molecule has 0 aliphatic heterocycles. The monoisotopic (exact) mass is 273 g/mol. The van der Waals surface area contributed by atoms with Gasteiger partial charge in [0.25, 0.3) is 0 Å². The highest BCUT2D eigenvalue weighted by molar-refractivity contribution is 5.54. The Labute approximate surface area is 120 Å². The predicted octanol–water partition coefficient (Wildman–Crippen LogP) is 3.40. The molecule has 0 saturated carbocycles. The Bertz CT molecular complexity index is 533. The van der Waals surface area contributed by atoms with Crippen LogP contribution in [0.15, 0.2) is 28.8 Å². The summed E-state index contributed by atoms with van der Waals surface area (Å²) in [7, 11) is 0. The van der Waals surface area contributed by atoms with Gasteiger partial charge in [-0.25, -0.2) is 0 Å². The molecule has 1 aromatic carbocycles. The van der Waals surface area contributed by atoms with E-state index < -0.39 is 0 Å². The van der Waals surface area contributed by atoms with Gasteiger partial charge in [0.1, 0.15) is 0 Å². The lowest BCUT2D eigenvalue weighted by atomic mass is 10.0. The summed E-state index contributed by atoms with van der Waals surface area (Å²) in [5, 5.41) is 7.47. The van der Waals surface area contributed by atoms with Crippen molar-refractivity contribution in [2.75, 3.05) is 6.54 Å². The summed E-state index contributed by atoms with van der Waals surface area (Å²) in [6.07, 6.45) is 1.04. The van der Waals surface area contributed by atoms with Crippen LogP contribution in [0.2, 0.25) is 0 Å². The third-order valence-electron chi connectivity index (χ3n) is 3.73. The van der Waals surface area contributed by atoms with Gasteiger partial charge in [0, 0.05) is 11.6 Å². The van der Waals surface area contributed by atoms with Crippen LogP contribution in [0.25, 0.3) is 11.4 Å². The van der Waals surface area contributed by atoms with Crippen molar-refractivity contribution >= 4 is 0 Å². The van der Waals surface area contributed by atoms with Crippen LogP contribution in [0.4, 0.5) is 0 Å². The summed E-state index contributed by atoms with van der Waals surface area (Å²) in [5.74, 6) is 1.55. The van der Waals surface area contributed by atoms with E-state index in [2.05, 4.69) is 55.3 Å². The minimum absolute atomic E-state index is 0.200. The minimum Gasteiger partial charge on any atom is -0.339 e. The number of aromatic nitrogens is 2. The normalized spacial score (nSPS) is 14.2. The molecule has 0 aliphatic carbocycles. The van der Waals surface area contributed by atoms with Gasteiger partial charge in [0.15, 0.2) is 0 Å². The van der Waals surface area contributed by atoms with E-state index in [0.29, 0.717) is 17.8 Å². The van der Waals surface area contributed by atoms with Crippen LogP contribution in [0, 0.1) is 0 Å². The van der Waals surface area contributed by atoms with Gasteiger partial charge in [-0.05, 0) is 25.5 Å². The van der Waals surface area contributed by atoms with E-state index in [4.69, 9.17) is 4.52 Å². The number of aryl methyl sites for hydroxylation is 1. The van der Waals surface area contributed by atoms with Crippen LogP contribution in [0.5, 0.6) is 0 Å². The quantitative estimate of drug-likeness (QED) is 0.876. The van der Waals surface area contributed by atoms with Crippen molar-refractivity contribution in [2.45, 2.75) is 46.1 Å². The maximum Gasteiger partial charge on any atom is 0.231 e. The number of hydrogen-bond acceptors (Lipinski definition) is 4. The predicted molar refractivity (Wildman–Crippen MR) is 80.7 cm³/mol. The summed E-state index contributed by atoms with van der Waals surface area (Å²) < 4.78 is 5.40. The van der Waals surface area contributed by atoms with Crippen molar-refractivity contribution in [3.05, 3.63) is 35.7 Å². The first-order valence-corrected chi connectivity index (χ1v) is 7.32. The maximum atomic E-state index is 5.40. The summed E-state index contributed by atoms with van der Waals surface area (Å²) >= 11 is 0. The molecule has 2 unspecified atom stereocenters. The molecule has 0 amide bonds. The Morgan fingerprint density at radius 1 is 1.15 bits per heavy atom. The highest BCUT2D eigenvalue weighted by Gasteiger charge is 2.20. The molecule has 4 heteroatoms. The molecule has 2 aromatic rings. The van der Waals surface area contributed by atoms with Crippen molar-refractivity contribution in [2.24, 2.45) is 0 Å². The zero-order chi connectivity index (χ0) is 14.5. The Kier molecular flexibility index (Phi) is 4.90. The molecule has 1 N–H and O–H groups in total. The molecule has 0 bridgehead atoms. The second-order valence-electron chi connectivity index (χ2n) is 5.14. The van der Waals surface area contributed by atoms with Gasteiger partial charge in [0.2, 0.25) is 11.7 Å². The first-order valence-electron chi connectivity index (χ1n) is 7.32. The summed E-state index contributed by atoms with van der Waals surface area (Å²) in [5.41, 5.74) is 2.31. The van der Waals surface area contributed by atoms with Crippen molar-refractivity contribution in [3.63, 3.8) is 0 Å². The molecule has 0 spiro atoms. The van der Waals surface area contributed by atoms with Crippen LogP contribution in [0.3, 0.4) is 0 Å². The zero-order valence-electron chi connectivity index (χ0n) is 12.7.